The van der Waals surface area contributed by atoms with Crippen LogP contribution in [0.5, 0.6) is 0 Å². The van der Waals surface area contributed by atoms with E-state index in [0.717, 1.165) is 18.5 Å². The first-order valence-electron chi connectivity index (χ1n) is 4.83. The van der Waals surface area contributed by atoms with Gasteiger partial charge < -0.3 is 15.2 Å². The molecule has 4 heteroatoms. The fourth-order valence-electron chi connectivity index (χ4n) is 1.48. The van der Waals surface area contributed by atoms with Crippen molar-refractivity contribution < 1.29 is 14.6 Å². The average Bonchev–Trinajstić information content (AvgIpc) is 2.52. The Hall–Kier alpha value is -0.870. The lowest BCUT2D eigenvalue weighted by atomic mass is 10.2. The zero-order valence-corrected chi connectivity index (χ0v) is 8.45. The SMILES string of the molecule is C=C(C)CNCC1CCC(C(=O)O)O1. The topological polar surface area (TPSA) is 58.6 Å². The van der Waals surface area contributed by atoms with Crippen LogP contribution >= 0.6 is 0 Å². The quantitative estimate of drug-likeness (QED) is 0.642. The van der Waals surface area contributed by atoms with E-state index in [9.17, 15) is 4.79 Å². The molecular formula is C10H17NO3. The summed E-state index contributed by atoms with van der Waals surface area (Å²) in [5, 5.41) is 11.9. The third-order valence-electron chi connectivity index (χ3n) is 2.18. The molecule has 1 rings (SSSR count). The molecule has 80 valence electrons. The highest BCUT2D eigenvalue weighted by molar-refractivity contribution is 5.72. The van der Waals surface area contributed by atoms with Gasteiger partial charge in [-0.05, 0) is 19.8 Å². The summed E-state index contributed by atoms with van der Waals surface area (Å²) in [5.41, 5.74) is 1.07. The minimum atomic E-state index is -0.854. The molecule has 1 heterocycles. The molecule has 1 saturated heterocycles. The van der Waals surface area contributed by atoms with E-state index >= 15 is 0 Å². The highest BCUT2D eigenvalue weighted by Crippen LogP contribution is 2.19. The minimum absolute atomic E-state index is 0.0375. The molecule has 0 bridgehead atoms. The van der Waals surface area contributed by atoms with E-state index in [1.54, 1.807) is 0 Å². The van der Waals surface area contributed by atoms with Crippen LogP contribution in [-0.2, 0) is 9.53 Å². The summed E-state index contributed by atoms with van der Waals surface area (Å²) in [6, 6.07) is 0. The summed E-state index contributed by atoms with van der Waals surface area (Å²) in [6.07, 6.45) is 0.872. The normalized spacial score (nSPS) is 26.4. The zero-order chi connectivity index (χ0) is 10.6. The van der Waals surface area contributed by atoms with E-state index in [4.69, 9.17) is 9.84 Å². The first-order valence-corrected chi connectivity index (χ1v) is 4.83. The summed E-state index contributed by atoms with van der Waals surface area (Å²) in [6.45, 7) is 7.18. The van der Waals surface area contributed by atoms with Gasteiger partial charge >= 0.3 is 5.97 Å². The van der Waals surface area contributed by atoms with Crippen LogP contribution in [0.1, 0.15) is 19.8 Å². The molecule has 2 unspecified atom stereocenters. The summed E-state index contributed by atoms with van der Waals surface area (Å²) < 4.78 is 5.31. The van der Waals surface area contributed by atoms with Gasteiger partial charge in [-0.15, -0.1) is 0 Å². The largest absolute Gasteiger partial charge is 0.479 e. The van der Waals surface area contributed by atoms with E-state index in [1.807, 2.05) is 6.92 Å². The van der Waals surface area contributed by atoms with Gasteiger partial charge in [-0.2, -0.15) is 0 Å². The Morgan fingerprint density at radius 2 is 2.36 bits per heavy atom. The van der Waals surface area contributed by atoms with Gasteiger partial charge in [0, 0.05) is 13.1 Å². The molecule has 1 fully saturated rings. The van der Waals surface area contributed by atoms with Crippen molar-refractivity contribution >= 4 is 5.97 Å². The van der Waals surface area contributed by atoms with E-state index in [0.29, 0.717) is 13.0 Å². The van der Waals surface area contributed by atoms with Gasteiger partial charge in [0.25, 0.3) is 0 Å². The molecule has 4 nitrogen and oxygen atoms in total. The molecule has 14 heavy (non-hydrogen) atoms. The molecule has 0 aliphatic carbocycles. The van der Waals surface area contributed by atoms with E-state index in [2.05, 4.69) is 11.9 Å². The van der Waals surface area contributed by atoms with Crippen molar-refractivity contribution in [3.63, 3.8) is 0 Å². The van der Waals surface area contributed by atoms with E-state index in [1.165, 1.54) is 0 Å². The molecular weight excluding hydrogens is 182 g/mol. The second-order valence-electron chi connectivity index (χ2n) is 3.75. The molecule has 2 atom stereocenters. The Morgan fingerprint density at radius 3 is 2.86 bits per heavy atom. The van der Waals surface area contributed by atoms with Crippen molar-refractivity contribution in [3.05, 3.63) is 12.2 Å². The van der Waals surface area contributed by atoms with Crippen LogP contribution < -0.4 is 5.32 Å². The molecule has 0 spiro atoms. The van der Waals surface area contributed by atoms with Crippen LogP contribution in [0.25, 0.3) is 0 Å². The van der Waals surface area contributed by atoms with Gasteiger partial charge in [-0.25, -0.2) is 4.79 Å². The van der Waals surface area contributed by atoms with Crippen molar-refractivity contribution in [2.24, 2.45) is 0 Å². The van der Waals surface area contributed by atoms with Gasteiger partial charge in [0.2, 0.25) is 0 Å². The summed E-state index contributed by atoms with van der Waals surface area (Å²) in [5.74, 6) is -0.854. The molecule has 0 radical (unpaired) electrons. The van der Waals surface area contributed by atoms with Gasteiger partial charge in [-0.3, -0.25) is 0 Å². The molecule has 1 aliphatic rings. The van der Waals surface area contributed by atoms with Gasteiger partial charge in [0.1, 0.15) is 0 Å². The maximum absolute atomic E-state index is 10.6. The first-order chi connectivity index (χ1) is 6.59. The van der Waals surface area contributed by atoms with Crippen molar-refractivity contribution in [3.8, 4) is 0 Å². The number of nitrogens with one attached hydrogen (secondary N) is 1. The number of rotatable bonds is 5. The van der Waals surface area contributed by atoms with Crippen LogP contribution in [0.2, 0.25) is 0 Å². The second kappa shape index (κ2) is 5.12. The number of ether oxygens (including phenoxy) is 1. The molecule has 0 amide bonds. The number of carboxylic acid groups (broad SMARTS) is 1. The van der Waals surface area contributed by atoms with Crippen molar-refractivity contribution in [2.45, 2.75) is 32.0 Å². The molecule has 0 aromatic carbocycles. The lowest BCUT2D eigenvalue weighted by molar-refractivity contribution is -0.149. The fourth-order valence-corrected chi connectivity index (χ4v) is 1.48. The first kappa shape index (κ1) is 11.2. The maximum Gasteiger partial charge on any atom is 0.332 e. The van der Waals surface area contributed by atoms with E-state index in [-0.39, 0.29) is 6.10 Å². The molecule has 2 N–H and O–H groups in total. The van der Waals surface area contributed by atoms with Crippen LogP contribution in [-0.4, -0.2) is 36.4 Å². The molecule has 0 saturated carbocycles. The highest BCUT2D eigenvalue weighted by atomic mass is 16.5. The van der Waals surface area contributed by atoms with Crippen LogP contribution in [0.15, 0.2) is 12.2 Å². The standard InChI is InChI=1S/C10H17NO3/c1-7(2)5-11-6-8-3-4-9(14-8)10(12)13/h8-9,11H,1,3-6H2,2H3,(H,12,13). The third kappa shape index (κ3) is 3.47. The van der Waals surface area contributed by atoms with Crippen LogP contribution in [0.3, 0.4) is 0 Å². The summed E-state index contributed by atoms with van der Waals surface area (Å²) in [7, 11) is 0. The Balaban J connectivity index is 2.16. The van der Waals surface area contributed by atoms with Gasteiger partial charge in [-0.1, -0.05) is 12.2 Å². The smallest absolute Gasteiger partial charge is 0.332 e. The van der Waals surface area contributed by atoms with Crippen molar-refractivity contribution in [1.82, 2.24) is 5.32 Å². The van der Waals surface area contributed by atoms with Crippen molar-refractivity contribution in [1.29, 1.82) is 0 Å². The number of hydrogen-bond acceptors (Lipinski definition) is 3. The second-order valence-corrected chi connectivity index (χ2v) is 3.75. The number of carboxylic acids is 1. The average molecular weight is 199 g/mol. The lowest BCUT2D eigenvalue weighted by Gasteiger charge is -2.11. The summed E-state index contributed by atoms with van der Waals surface area (Å²) >= 11 is 0. The maximum atomic E-state index is 10.6. The number of hydrogen-bond donors (Lipinski definition) is 2. The Kier molecular flexibility index (Phi) is 4.10. The Labute approximate surface area is 83.9 Å². The predicted molar refractivity (Wildman–Crippen MR) is 53.2 cm³/mol. The van der Waals surface area contributed by atoms with Crippen LogP contribution in [0, 0.1) is 0 Å². The molecule has 0 aromatic heterocycles. The third-order valence-corrected chi connectivity index (χ3v) is 2.18. The molecule has 1 aliphatic heterocycles. The van der Waals surface area contributed by atoms with Gasteiger partial charge in [0.05, 0.1) is 6.10 Å². The van der Waals surface area contributed by atoms with Crippen LogP contribution in [0.4, 0.5) is 0 Å². The highest BCUT2D eigenvalue weighted by Gasteiger charge is 2.29. The number of aliphatic carboxylic acids is 1. The predicted octanol–water partition coefficient (Wildman–Crippen LogP) is 0.784. The Morgan fingerprint density at radius 1 is 1.64 bits per heavy atom. The van der Waals surface area contributed by atoms with Crippen molar-refractivity contribution in [2.75, 3.05) is 13.1 Å². The Bertz CT molecular complexity index is 227. The minimum Gasteiger partial charge on any atom is -0.479 e. The monoisotopic (exact) mass is 199 g/mol. The fraction of sp³-hybridized carbons (Fsp3) is 0.700. The van der Waals surface area contributed by atoms with E-state index < -0.39 is 12.1 Å². The number of carbonyl (C=O) groups is 1. The zero-order valence-electron chi connectivity index (χ0n) is 8.45. The lowest BCUT2D eigenvalue weighted by Crippen LogP contribution is -2.29. The molecule has 0 aromatic rings. The summed E-state index contributed by atoms with van der Waals surface area (Å²) in [4.78, 5) is 10.6. The van der Waals surface area contributed by atoms with Gasteiger partial charge in [0.15, 0.2) is 6.10 Å².